The first-order valence-corrected chi connectivity index (χ1v) is 4.43. The molecule has 0 aliphatic rings. The van der Waals surface area contributed by atoms with E-state index in [-0.39, 0.29) is 17.2 Å². The molecule has 0 fully saturated rings. The number of aromatic nitrogens is 2. The maximum absolute atomic E-state index is 13.5. The van der Waals surface area contributed by atoms with Crippen LogP contribution < -0.4 is 5.73 Å². The molecule has 6 nitrogen and oxygen atoms in total. The smallest absolute Gasteiger partial charge is 0.307 e. The maximum atomic E-state index is 13.5. The molecule has 3 N–H and O–H groups in total. The second-order valence-corrected chi connectivity index (χ2v) is 3.22. The lowest BCUT2D eigenvalue weighted by molar-refractivity contribution is -0.387. The van der Waals surface area contributed by atoms with Gasteiger partial charge < -0.3 is 10.7 Å². The first-order valence-electron chi connectivity index (χ1n) is 4.43. The van der Waals surface area contributed by atoms with Crippen LogP contribution in [0.3, 0.4) is 0 Å². The fraction of sp³-hybridized carbons (Fsp3) is 0. The van der Waals surface area contributed by atoms with Gasteiger partial charge in [-0.25, -0.2) is 9.37 Å². The van der Waals surface area contributed by atoms with E-state index in [0.29, 0.717) is 6.07 Å². The summed E-state index contributed by atoms with van der Waals surface area (Å²) in [5.74, 6) is -2.01. The molecule has 0 spiro atoms. The molecular weight excluding hydrogens is 234 g/mol. The highest BCUT2D eigenvalue weighted by molar-refractivity contribution is 5.63. The van der Waals surface area contributed by atoms with Crippen molar-refractivity contribution in [1.29, 1.82) is 0 Å². The zero-order valence-electron chi connectivity index (χ0n) is 8.28. The normalized spacial score (nSPS) is 10.5. The van der Waals surface area contributed by atoms with Gasteiger partial charge in [-0.15, -0.1) is 0 Å². The van der Waals surface area contributed by atoms with Crippen molar-refractivity contribution in [1.82, 2.24) is 9.97 Å². The van der Waals surface area contributed by atoms with Crippen LogP contribution in [0, 0.1) is 21.7 Å². The Morgan fingerprint density at radius 1 is 1.35 bits per heavy atom. The van der Waals surface area contributed by atoms with Crippen molar-refractivity contribution < 1.29 is 13.7 Å². The summed E-state index contributed by atoms with van der Waals surface area (Å²) in [5.41, 5.74) is 4.35. The number of nitrogens with zero attached hydrogens (tertiary/aromatic N) is 2. The summed E-state index contributed by atoms with van der Waals surface area (Å²) in [6.07, 6.45) is 1.21. The number of nitrogen functional groups attached to an aromatic ring is 1. The van der Waals surface area contributed by atoms with Crippen LogP contribution in [0.2, 0.25) is 0 Å². The Morgan fingerprint density at radius 3 is 2.59 bits per heavy atom. The molecule has 0 aliphatic heterocycles. The molecule has 17 heavy (non-hydrogen) atoms. The van der Waals surface area contributed by atoms with Gasteiger partial charge in [0.2, 0.25) is 5.82 Å². The third-order valence-electron chi connectivity index (χ3n) is 2.12. The van der Waals surface area contributed by atoms with Crippen molar-refractivity contribution in [3.05, 3.63) is 40.1 Å². The van der Waals surface area contributed by atoms with Gasteiger partial charge in [0.05, 0.1) is 22.9 Å². The van der Waals surface area contributed by atoms with Crippen LogP contribution in [0.4, 0.5) is 20.4 Å². The third kappa shape index (κ3) is 1.92. The predicted octanol–water partition coefficient (Wildman–Crippen LogP) is 1.85. The minimum atomic E-state index is -1.13. The Morgan fingerprint density at radius 2 is 2.06 bits per heavy atom. The van der Waals surface area contributed by atoms with E-state index >= 15 is 0 Å². The first-order chi connectivity index (χ1) is 7.99. The summed E-state index contributed by atoms with van der Waals surface area (Å²) in [4.78, 5) is 15.5. The number of nitrogens with two attached hydrogens (primary N) is 1. The molecule has 88 valence electrons. The number of hydrogen-bond donors (Lipinski definition) is 2. The largest absolute Gasteiger partial charge is 0.369 e. The number of H-pyrrole nitrogens is 1. The molecule has 0 aliphatic carbocycles. The van der Waals surface area contributed by atoms with Crippen LogP contribution in [-0.2, 0) is 0 Å². The Hall–Kier alpha value is -2.51. The van der Waals surface area contributed by atoms with Gasteiger partial charge in [0.15, 0.2) is 5.95 Å². The lowest BCUT2D eigenvalue weighted by Gasteiger charge is -2.01. The van der Waals surface area contributed by atoms with Crippen molar-refractivity contribution in [2.24, 2.45) is 0 Å². The van der Waals surface area contributed by atoms with Crippen LogP contribution in [0.25, 0.3) is 11.3 Å². The van der Waals surface area contributed by atoms with Gasteiger partial charge in [0.25, 0.3) is 0 Å². The zero-order valence-corrected chi connectivity index (χ0v) is 8.28. The number of nitro groups is 1. The fourth-order valence-electron chi connectivity index (χ4n) is 1.36. The number of imidazole rings is 1. The number of aromatic amines is 1. The molecule has 8 heteroatoms. The summed E-state index contributed by atoms with van der Waals surface area (Å²) in [6.45, 7) is 0. The predicted molar refractivity (Wildman–Crippen MR) is 55.0 cm³/mol. The fourth-order valence-corrected chi connectivity index (χ4v) is 1.36. The highest BCUT2D eigenvalue weighted by Gasteiger charge is 2.19. The zero-order chi connectivity index (χ0) is 12.6. The van der Waals surface area contributed by atoms with Crippen molar-refractivity contribution in [2.75, 3.05) is 5.73 Å². The highest BCUT2D eigenvalue weighted by atomic mass is 19.1. The lowest BCUT2D eigenvalue weighted by atomic mass is 10.1. The molecule has 1 aromatic carbocycles. The van der Waals surface area contributed by atoms with Crippen molar-refractivity contribution >= 4 is 11.6 Å². The van der Waals surface area contributed by atoms with Crippen LogP contribution in [0.1, 0.15) is 0 Å². The van der Waals surface area contributed by atoms with E-state index in [1.807, 2.05) is 0 Å². The number of halogens is 2. The molecule has 0 amide bonds. The van der Waals surface area contributed by atoms with Crippen molar-refractivity contribution in [3.63, 3.8) is 0 Å². The minimum absolute atomic E-state index is 0.0400. The molecule has 0 radical (unpaired) electrons. The van der Waals surface area contributed by atoms with Crippen LogP contribution >= 0.6 is 0 Å². The molecule has 2 rings (SSSR count). The van der Waals surface area contributed by atoms with Gasteiger partial charge in [0, 0.05) is 5.56 Å². The number of rotatable bonds is 2. The lowest BCUT2D eigenvalue weighted by Crippen LogP contribution is -1.96. The Bertz CT molecular complexity index is 597. The molecule has 0 atom stereocenters. The Kier molecular flexibility index (Phi) is 2.47. The molecule has 0 unspecified atom stereocenters. The number of benzene rings is 1. The standard InChI is InChI=1S/C9H6F2N4O2/c10-5-2-8(15(16)17)6(11)1-4(5)7-3-13-9(12)14-7/h1-3H,(H3,12,13,14). The van der Waals surface area contributed by atoms with Crippen molar-refractivity contribution in [3.8, 4) is 11.3 Å². The quantitative estimate of drug-likeness (QED) is 0.618. The molecular formula is C9H6F2N4O2. The molecule has 0 bridgehead atoms. The maximum Gasteiger partial charge on any atom is 0.307 e. The summed E-state index contributed by atoms with van der Waals surface area (Å²) in [6, 6.07) is 1.24. The average Bonchev–Trinajstić information content (AvgIpc) is 2.67. The van der Waals surface area contributed by atoms with Crippen molar-refractivity contribution in [2.45, 2.75) is 0 Å². The van der Waals surface area contributed by atoms with E-state index in [0.717, 1.165) is 6.07 Å². The van der Waals surface area contributed by atoms with E-state index in [4.69, 9.17) is 5.73 Å². The molecule has 2 aromatic rings. The topological polar surface area (TPSA) is 97.8 Å². The van der Waals surface area contributed by atoms with Gasteiger partial charge in [-0.05, 0) is 6.07 Å². The highest BCUT2D eigenvalue weighted by Crippen LogP contribution is 2.27. The van der Waals surface area contributed by atoms with E-state index in [1.54, 1.807) is 0 Å². The number of nitro benzene ring substituents is 1. The number of anilines is 1. The van der Waals surface area contributed by atoms with E-state index in [1.165, 1.54) is 6.20 Å². The third-order valence-corrected chi connectivity index (χ3v) is 2.12. The Balaban J connectivity index is 2.57. The number of hydrogen-bond acceptors (Lipinski definition) is 4. The van der Waals surface area contributed by atoms with E-state index in [9.17, 15) is 18.9 Å². The molecule has 0 saturated carbocycles. The molecule has 0 saturated heterocycles. The van der Waals surface area contributed by atoms with Gasteiger partial charge in [-0.2, -0.15) is 4.39 Å². The monoisotopic (exact) mass is 240 g/mol. The van der Waals surface area contributed by atoms with Crippen LogP contribution in [-0.4, -0.2) is 14.9 Å². The summed E-state index contributed by atoms with van der Waals surface area (Å²) in [7, 11) is 0. The average molecular weight is 240 g/mol. The van der Waals surface area contributed by atoms with Gasteiger partial charge in [-0.1, -0.05) is 0 Å². The van der Waals surface area contributed by atoms with Gasteiger partial charge in [-0.3, -0.25) is 10.1 Å². The SMILES string of the molecule is Nc1ncc(-c2cc(F)c([N+](=O)[O-])cc2F)[nH]1. The Labute approximate surface area is 93.2 Å². The van der Waals surface area contributed by atoms with Gasteiger partial charge in [0.1, 0.15) is 5.82 Å². The minimum Gasteiger partial charge on any atom is -0.369 e. The summed E-state index contributed by atoms with van der Waals surface area (Å²) < 4.78 is 26.8. The second kappa shape index (κ2) is 3.81. The van der Waals surface area contributed by atoms with Gasteiger partial charge >= 0.3 is 5.69 Å². The summed E-state index contributed by atoms with van der Waals surface area (Å²) >= 11 is 0. The summed E-state index contributed by atoms with van der Waals surface area (Å²) in [5, 5.41) is 10.4. The van der Waals surface area contributed by atoms with Crippen LogP contribution in [0.15, 0.2) is 18.3 Å². The first kappa shape index (κ1) is 11.0. The second-order valence-electron chi connectivity index (χ2n) is 3.22. The van der Waals surface area contributed by atoms with E-state index in [2.05, 4.69) is 9.97 Å². The molecule has 1 aromatic heterocycles. The molecule has 1 heterocycles. The van der Waals surface area contributed by atoms with E-state index < -0.39 is 22.2 Å². The number of nitrogens with one attached hydrogen (secondary N) is 1. The van der Waals surface area contributed by atoms with Crippen LogP contribution in [0.5, 0.6) is 0 Å².